The van der Waals surface area contributed by atoms with Crippen LogP contribution in [0.2, 0.25) is 0 Å². The van der Waals surface area contributed by atoms with Gasteiger partial charge in [-0.2, -0.15) is 0 Å². The SMILES string of the molecule is O=C(COC(=O)c1ccc(N2C(=O)c3cccc([N+](=O)[O-])c3C2=O)cc1)c1ccc(F)cc1. The molecule has 0 radical (unpaired) electrons. The molecule has 0 bridgehead atoms. The van der Waals surface area contributed by atoms with Gasteiger partial charge >= 0.3 is 5.97 Å². The van der Waals surface area contributed by atoms with Gasteiger partial charge in [0.05, 0.1) is 21.7 Å². The Bertz CT molecular complexity index is 1320. The average Bonchev–Trinajstić information content (AvgIpc) is 3.07. The zero-order valence-corrected chi connectivity index (χ0v) is 16.7. The van der Waals surface area contributed by atoms with Crippen molar-refractivity contribution in [3.8, 4) is 0 Å². The highest BCUT2D eigenvalue weighted by Crippen LogP contribution is 2.33. The predicted molar refractivity (Wildman–Crippen MR) is 112 cm³/mol. The van der Waals surface area contributed by atoms with Crippen LogP contribution in [0.25, 0.3) is 0 Å². The third-order valence-electron chi connectivity index (χ3n) is 4.95. The average molecular weight is 448 g/mol. The van der Waals surface area contributed by atoms with Crippen LogP contribution >= 0.6 is 0 Å². The highest BCUT2D eigenvalue weighted by molar-refractivity contribution is 6.35. The van der Waals surface area contributed by atoms with E-state index in [-0.39, 0.29) is 27.9 Å². The van der Waals surface area contributed by atoms with Gasteiger partial charge in [-0.05, 0) is 54.6 Å². The monoisotopic (exact) mass is 448 g/mol. The van der Waals surface area contributed by atoms with E-state index in [1.165, 1.54) is 48.5 Å². The van der Waals surface area contributed by atoms with Crippen molar-refractivity contribution in [2.45, 2.75) is 0 Å². The van der Waals surface area contributed by atoms with E-state index in [4.69, 9.17) is 4.74 Å². The van der Waals surface area contributed by atoms with Crippen LogP contribution in [0.4, 0.5) is 15.8 Å². The van der Waals surface area contributed by atoms with E-state index in [0.29, 0.717) is 0 Å². The molecule has 0 saturated carbocycles. The highest BCUT2D eigenvalue weighted by atomic mass is 19.1. The maximum absolute atomic E-state index is 12.9. The molecule has 10 heteroatoms. The molecule has 0 saturated heterocycles. The fraction of sp³-hybridized carbons (Fsp3) is 0.0435. The summed E-state index contributed by atoms with van der Waals surface area (Å²) in [5.74, 6) is -3.42. The maximum atomic E-state index is 12.9. The topological polar surface area (TPSA) is 124 Å². The number of fused-ring (bicyclic) bond motifs is 1. The lowest BCUT2D eigenvalue weighted by Crippen LogP contribution is -2.29. The van der Waals surface area contributed by atoms with Crippen molar-refractivity contribution >= 4 is 34.9 Å². The molecule has 4 rings (SSSR count). The van der Waals surface area contributed by atoms with Gasteiger partial charge in [0.25, 0.3) is 17.5 Å². The minimum atomic E-state index is -0.845. The molecule has 9 nitrogen and oxygen atoms in total. The lowest BCUT2D eigenvalue weighted by Gasteiger charge is -2.14. The second-order valence-corrected chi connectivity index (χ2v) is 6.96. The number of hydrogen-bond donors (Lipinski definition) is 0. The number of benzene rings is 3. The summed E-state index contributed by atoms with van der Waals surface area (Å²) in [5.41, 5.74) is -0.520. The first-order valence-electron chi connectivity index (χ1n) is 9.50. The quantitative estimate of drug-likeness (QED) is 0.186. The van der Waals surface area contributed by atoms with E-state index in [2.05, 4.69) is 0 Å². The van der Waals surface area contributed by atoms with Crippen molar-refractivity contribution in [3.05, 3.63) is 105 Å². The van der Waals surface area contributed by atoms with Crippen LogP contribution in [-0.2, 0) is 4.74 Å². The molecular formula is C23H13FN2O7. The summed E-state index contributed by atoms with van der Waals surface area (Å²) in [7, 11) is 0. The van der Waals surface area contributed by atoms with Crippen molar-refractivity contribution in [2.24, 2.45) is 0 Å². The van der Waals surface area contributed by atoms with Crippen molar-refractivity contribution in [2.75, 3.05) is 11.5 Å². The Morgan fingerprint density at radius 3 is 2.18 bits per heavy atom. The number of imide groups is 1. The summed E-state index contributed by atoms with van der Waals surface area (Å²) in [4.78, 5) is 60.9. The molecule has 33 heavy (non-hydrogen) atoms. The number of nitro groups is 1. The smallest absolute Gasteiger partial charge is 0.338 e. The number of amides is 2. The standard InChI is InChI=1S/C23H13FN2O7/c24-15-8-4-13(5-9-15)19(27)12-33-23(30)14-6-10-16(11-7-14)25-21(28)17-2-1-3-18(26(31)32)20(17)22(25)29/h1-11H,12H2. The van der Waals surface area contributed by atoms with Gasteiger partial charge in [0, 0.05) is 11.6 Å². The Kier molecular flexibility index (Phi) is 5.49. The maximum Gasteiger partial charge on any atom is 0.338 e. The first-order valence-corrected chi connectivity index (χ1v) is 9.50. The molecule has 3 aromatic carbocycles. The number of anilines is 1. The summed E-state index contributed by atoms with van der Waals surface area (Å²) in [6.45, 7) is -0.561. The van der Waals surface area contributed by atoms with Crippen molar-refractivity contribution in [3.63, 3.8) is 0 Å². The van der Waals surface area contributed by atoms with E-state index in [1.54, 1.807) is 0 Å². The number of nitrogens with zero attached hydrogens (tertiary/aromatic N) is 2. The van der Waals surface area contributed by atoms with Crippen LogP contribution in [0.3, 0.4) is 0 Å². The number of carbonyl (C=O) groups is 4. The molecule has 0 unspecified atom stereocenters. The normalized spacial score (nSPS) is 12.5. The number of hydrogen-bond acceptors (Lipinski definition) is 7. The van der Waals surface area contributed by atoms with Gasteiger partial charge in [0.1, 0.15) is 11.4 Å². The molecule has 1 aliphatic heterocycles. The summed E-state index contributed by atoms with van der Waals surface area (Å²) in [5, 5.41) is 11.2. The van der Waals surface area contributed by atoms with Crippen molar-refractivity contribution in [1.29, 1.82) is 0 Å². The molecule has 1 aliphatic rings. The van der Waals surface area contributed by atoms with Crippen LogP contribution in [0, 0.1) is 15.9 Å². The van der Waals surface area contributed by atoms with Crippen molar-refractivity contribution < 1.29 is 33.2 Å². The van der Waals surface area contributed by atoms with E-state index in [1.807, 2.05) is 0 Å². The first kappa shape index (κ1) is 21.5. The van der Waals surface area contributed by atoms with Gasteiger partial charge in [-0.1, -0.05) is 6.07 Å². The summed E-state index contributed by atoms with van der Waals surface area (Å²) in [6, 6.07) is 13.8. The second kappa shape index (κ2) is 8.42. The van der Waals surface area contributed by atoms with Gasteiger partial charge in [-0.25, -0.2) is 14.1 Å². The number of rotatable bonds is 6. The number of carbonyl (C=O) groups excluding carboxylic acids is 4. The third-order valence-corrected chi connectivity index (χ3v) is 4.95. The molecule has 2 amide bonds. The number of nitro benzene ring substituents is 1. The molecule has 0 aromatic heterocycles. The van der Waals surface area contributed by atoms with Crippen LogP contribution in [0.15, 0.2) is 66.7 Å². The predicted octanol–water partition coefficient (Wildman–Crippen LogP) is 3.57. The Hall–Kier alpha value is -4.73. The lowest BCUT2D eigenvalue weighted by atomic mass is 10.1. The minimum absolute atomic E-state index is 0.0493. The molecule has 0 aliphatic carbocycles. The Morgan fingerprint density at radius 1 is 0.909 bits per heavy atom. The fourth-order valence-corrected chi connectivity index (χ4v) is 3.33. The van der Waals surface area contributed by atoms with Gasteiger partial charge in [0.15, 0.2) is 12.4 Å². The fourth-order valence-electron chi connectivity index (χ4n) is 3.33. The number of halogens is 1. The molecule has 0 fully saturated rings. The van der Waals surface area contributed by atoms with Gasteiger partial charge in [-0.3, -0.25) is 24.5 Å². The lowest BCUT2D eigenvalue weighted by molar-refractivity contribution is -0.385. The van der Waals surface area contributed by atoms with E-state index < -0.39 is 46.6 Å². The molecule has 1 heterocycles. The number of ketones is 1. The largest absolute Gasteiger partial charge is 0.454 e. The summed E-state index contributed by atoms with van der Waals surface area (Å²) in [6.07, 6.45) is 0. The molecule has 3 aromatic rings. The Labute approximate surface area is 185 Å². The minimum Gasteiger partial charge on any atom is -0.454 e. The van der Waals surface area contributed by atoms with Gasteiger partial charge in [-0.15, -0.1) is 0 Å². The Balaban J connectivity index is 1.47. The van der Waals surface area contributed by atoms with Crippen LogP contribution in [0.1, 0.15) is 41.4 Å². The van der Waals surface area contributed by atoms with E-state index in [0.717, 1.165) is 23.1 Å². The van der Waals surface area contributed by atoms with Crippen LogP contribution in [0.5, 0.6) is 0 Å². The molecule has 0 atom stereocenters. The number of Topliss-reactive ketones (excluding diaryl/α,β-unsaturated/α-hetero) is 1. The molecule has 0 N–H and O–H groups in total. The Morgan fingerprint density at radius 2 is 1.55 bits per heavy atom. The second-order valence-electron chi connectivity index (χ2n) is 6.96. The van der Waals surface area contributed by atoms with Crippen LogP contribution in [-0.4, -0.2) is 35.1 Å². The molecule has 164 valence electrons. The molecule has 0 spiro atoms. The van der Waals surface area contributed by atoms with Gasteiger partial charge in [0.2, 0.25) is 0 Å². The van der Waals surface area contributed by atoms with Crippen LogP contribution < -0.4 is 4.90 Å². The van der Waals surface area contributed by atoms with E-state index >= 15 is 0 Å². The zero-order chi connectivity index (χ0) is 23.7. The number of ether oxygens (including phenoxy) is 1. The number of esters is 1. The van der Waals surface area contributed by atoms with E-state index in [9.17, 15) is 33.7 Å². The van der Waals surface area contributed by atoms with Crippen molar-refractivity contribution in [1.82, 2.24) is 0 Å². The zero-order valence-electron chi connectivity index (χ0n) is 16.7. The highest BCUT2D eigenvalue weighted by Gasteiger charge is 2.41. The first-order chi connectivity index (χ1) is 15.8. The summed E-state index contributed by atoms with van der Waals surface area (Å²) >= 11 is 0. The van der Waals surface area contributed by atoms with Gasteiger partial charge < -0.3 is 4.74 Å². The summed E-state index contributed by atoms with van der Waals surface area (Å²) < 4.78 is 17.9. The third kappa shape index (κ3) is 3.97. The molecular weight excluding hydrogens is 435 g/mol.